The van der Waals surface area contributed by atoms with Crippen molar-refractivity contribution >= 4 is 23.1 Å². The van der Waals surface area contributed by atoms with E-state index in [9.17, 15) is 9.18 Å². The average molecular weight is 384 g/mol. The molecule has 1 heterocycles. The van der Waals surface area contributed by atoms with Crippen LogP contribution in [0.2, 0.25) is 0 Å². The van der Waals surface area contributed by atoms with Crippen LogP contribution in [-0.2, 0) is 11.2 Å². The molecular weight excluding hydrogens is 363 g/mol. The molecule has 2 N–H and O–H groups in total. The molecule has 1 aliphatic rings. The first kappa shape index (κ1) is 18.8. The molecule has 1 amide bonds. The van der Waals surface area contributed by atoms with Crippen LogP contribution in [0.3, 0.4) is 0 Å². The zero-order valence-corrected chi connectivity index (χ0v) is 16.1. The molecule has 0 fully saturated rings. The SMILES string of the molecule is CC1=C(C(Cc2ccccc2)C(N)=O)c2cc(F)ccc2/C1=C\c1ccncc1. The molecule has 0 aliphatic heterocycles. The highest BCUT2D eigenvalue weighted by Gasteiger charge is 2.32. The van der Waals surface area contributed by atoms with Gasteiger partial charge >= 0.3 is 0 Å². The molecule has 0 saturated heterocycles. The quantitative estimate of drug-likeness (QED) is 0.681. The molecule has 1 atom stereocenters. The van der Waals surface area contributed by atoms with Crippen LogP contribution in [0.5, 0.6) is 0 Å². The summed E-state index contributed by atoms with van der Waals surface area (Å²) in [5.74, 6) is -1.29. The monoisotopic (exact) mass is 384 g/mol. The highest BCUT2D eigenvalue weighted by Crippen LogP contribution is 2.46. The Morgan fingerprint density at radius 3 is 2.48 bits per heavy atom. The summed E-state index contributed by atoms with van der Waals surface area (Å²) in [6, 6.07) is 18.3. The van der Waals surface area contributed by atoms with Crippen LogP contribution in [0, 0.1) is 11.7 Å². The number of rotatable bonds is 5. The third-order valence-electron chi connectivity index (χ3n) is 5.36. The number of primary amides is 1. The summed E-state index contributed by atoms with van der Waals surface area (Å²) in [6.45, 7) is 1.97. The Morgan fingerprint density at radius 2 is 1.79 bits per heavy atom. The fourth-order valence-corrected chi connectivity index (χ4v) is 3.98. The molecule has 0 saturated carbocycles. The molecule has 1 unspecified atom stereocenters. The summed E-state index contributed by atoms with van der Waals surface area (Å²) in [4.78, 5) is 16.5. The molecule has 2 aromatic carbocycles. The van der Waals surface area contributed by atoms with Gasteiger partial charge in [0.2, 0.25) is 5.91 Å². The van der Waals surface area contributed by atoms with Crippen LogP contribution in [0.15, 0.2) is 78.6 Å². The van der Waals surface area contributed by atoms with Crippen molar-refractivity contribution in [2.24, 2.45) is 11.7 Å². The number of carbonyl (C=O) groups is 1. The smallest absolute Gasteiger partial charge is 0.225 e. The van der Waals surface area contributed by atoms with Gasteiger partial charge in [-0.2, -0.15) is 0 Å². The van der Waals surface area contributed by atoms with Gasteiger partial charge in [-0.25, -0.2) is 4.39 Å². The summed E-state index contributed by atoms with van der Waals surface area (Å²) in [6.07, 6.45) is 5.98. The van der Waals surface area contributed by atoms with Crippen LogP contribution in [-0.4, -0.2) is 10.9 Å². The number of aromatic nitrogens is 1. The first-order valence-corrected chi connectivity index (χ1v) is 9.51. The minimum Gasteiger partial charge on any atom is -0.369 e. The third-order valence-corrected chi connectivity index (χ3v) is 5.36. The van der Waals surface area contributed by atoms with E-state index >= 15 is 0 Å². The lowest BCUT2D eigenvalue weighted by Crippen LogP contribution is -2.26. The van der Waals surface area contributed by atoms with E-state index in [0.717, 1.165) is 39.0 Å². The van der Waals surface area contributed by atoms with Gasteiger partial charge in [0.1, 0.15) is 5.82 Å². The number of nitrogens with zero attached hydrogens (tertiary/aromatic N) is 1. The van der Waals surface area contributed by atoms with Gasteiger partial charge in [-0.1, -0.05) is 36.4 Å². The highest BCUT2D eigenvalue weighted by atomic mass is 19.1. The molecule has 1 aromatic heterocycles. The number of nitrogens with two attached hydrogens (primary N) is 1. The molecule has 0 bridgehead atoms. The molecule has 1 aliphatic carbocycles. The summed E-state index contributed by atoms with van der Waals surface area (Å²) in [5.41, 5.74) is 12.2. The molecule has 144 valence electrons. The number of hydrogen-bond donors (Lipinski definition) is 1. The van der Waals surface area contributed by atoms with Crippen molar-refractivity contribution in [3.8, 4) is 0 Å². The van der Waals surface area contributed by atoms with Gasteiger partial charge in [0.05, 0.1) is 5.92 Å². The number of halogens is 1. The molecule has 29 heavy (non-hydrogen) atoms. The van der Waals surface area contributed by atoms with Gasteiger partial charge in [0.25, 0.3) is 0 Å². The van der Waals surface area contributed by atoms with Gasteiger partial charge in [-0.05, 0) is 82.7 Å². The lowest BCUT2D eigenvalue weighted by Gasteiger charge is -2.17. The van der Waals surface area contributed by atoms with Crippen LogP contribution < -0.4 is 5.73 Å². The summed E-state index contributed by atoms with van der Waals surface area (Å²) < 4.78 is 14.1. The van der Waals surface area contributed by atoms with E-state index in [0.29, 0.717) is 6.42 Å². The molecule has 4 heteroatoms. The van der Waals surface area contributed by atoms with Crippen molar-refractivity contribution in [2.75, 3.05) is 0 Å². The van der Waals surface area contributed by atoms with Crippen LogP contribution in [0.1, 0.15) is 29.2 Å². The predicted octanol–water partition coefficient (Wildman–Crippen LogP) is 4.89. The number of carbonyl (C=O) groups excluding carboxylic acids is 1. The van der Waals surface area contributed by atoms with Crippen molar-refractivity contribution in [1.29, 1.82) is 0 Å². The van der Waals surface area contributed by atoms with E-state index in [-0.39, 0.29) is 5.82 Å². The fourth-order valence-electron chi connectivity index (χ4n) is 3.98. The predicted molar refractivity (Wildman–Crippen MR) is 114 cm³/mol. The van der Waals surface area contributed by atoms with Crippen LogP contribution in [0.4, 0.5) is 4.39 Å². The van der Waals surface area contributed by atoms with E-state index < -0.39 is 11.8 Å². The van der Waals surface area contributed by atoms with E-state index in [2.05, 4.69) is 4.98 Å². The van der Waals surface area contributed by atoms with Crippen LogP contribution in [0.25, 0.3) is 17.2 Å². The molecule has 3 nitrogen and oxygen atoms in total. The van der Waals surface area contributed by atoms with Crippen molar-refractivity contribution in [2.45, 2.75) is 13.3 Å². The first-order chi connectivity index (χ1) is 14.0. The second kappa shape index (κ2) is 7.84. The van der Waals surface area contributed by atoms with Crippen LogP contribution >= 0.6 is 0 Å². The normalized spacial score (nSPS) is 15.4. The number of hydrogen-bond acceptors (Lipinski definition) is 2. The Morgan fingerprint density at radius 1 is 1.07 bits per heavy atom. The minimum absolute atomic E-state index is 0.331. The van der Waals surface area contributed by atoms with Crippen molar-refractivity contribution in [1.82, 2.24) is 4.98 Å². The summed E-state index contributed by atoms with van der Waals surface area (Å²) in [7, 11) is 0. The Bertz CT molecular complexity index is 1120. The Balaban J connectivity index is 1.87. The highest BCUT2D eigenvalue weighted by molar-refractivity contribution is 6.09. The minimum atomic E-state index is -0.540. The zero-order chi connectivity index (χ0) is 20.4. The lowest BCUT2D eigenvalue weighted by molar-refractivity contribution is -0.120. The third kappa shape index (κ3) is 3.74. The van der Waals surface area contributed by atoms with E-state index in [1.807, 2.05) is 55.5 Å². The molecule has 4 rings (SSSR count). The van der Waals surface area contributed by atoms with E-state index in [1.54, 1.807) is 18.5 Å². The number of allylic oxidation sites excluding steroid dienone is 2. The molecule has 0 spiro atoms. The molecular formula is C25H21FN2O. The van der Waals surface area contributed by atoms with E-state index in [4.69, 9.17) is 5.73 Å². The Labute approximate surface area is 169 Å². The largest absolute Gasteiger partial charge is 0.369 e. The van der Waals surface area contributed by atoms with Gasteiger partial charge in [-0.15, -0.1) is 0 Å². The van der Waals surface area contributed by atoms with Crippen molar-refractivity contribution in [3.63, 3.8) is 0 Å². The lowest BCUT2D eigenvalue weighted by atomic mass is 9.86. The molecule has 3 aromatic rings. The maximum absolute atomic E-state index is 14.1. The topological polar surface area (TPSA) is 56.0 Å². The summed E-state index contributed by atoms with van der Waals surface area (Å²) >= 11 is 0. The molecule has 0 radical (unpaired) electrons. The Kier molecular flexibility index (Phi) is 5.09. The zero-order valence-electron chi connectivity index (χ0n) is 16.1. The van der Waals surface area contributed by atoms with E-state index in [1.165, 1.54) is 12.1 Å². The van der Waals surface area contributed by atoms with Gasteiger partial charge in [0, 0.05) is 12.4 Å². The maximum Gasteiger partial charge on any atom is 0.225 e. The van der Waals surface area contributed by atoms with Gasteiger partial charge in [-0.3, -0.25) is 9.78 Å². The number of benzene rings is 2. The fraction of sp³-hybridized carbons (Fsp3) is 0.120. The Hall–Kier alpha value is -3.53. The average Bonchev–Trinajstić information content (AvgIpc) is 2.98. The second-order valence-electron chi connectivity index (χ2n) is 7.21. The standard InChI is InChI=1S/C25H21FN2O/c1-16-21(13-18-9-11-28-12-10-18)20-8-7-19(26)15-22(20)24(16)23(25(27)29)14-17-5-3-2-4-6-17/h2-13,15,23H,14H2,1H3,(H2,27,29)/b21-13-. The van der Waals surface area contributed by atoms with Crippen molar-refractivity contribution < 1.29 is 9.18 Å². The van der Waals surface area contributed by atoms with Gasteiger partial charge < -0.3 is 5.73 Å². The van der Waals surface area contributed by atoms with Crippen molar-refractivity contribution in [3.05, 3.63) is 107 Å². The number of fused-ring (bicyclic) bond motifs is 1. The number of amides is 1. The number of pyridine rings is 1. The summed E-state index contributed by atoms with van der Waals surface area (Å²) in [5, 5.41) is 0. The second-order valence-corrected chi connectivity index (χ2v) is 7.21. The maximum atomic E-state index is 14.1. The van der Waals surface area contributed by atoms with Gasteiger partial charge in [0.15, 0.2) is 0 Å². The first-order valence-electron chi connectivity index (χ1n) is 9.51.